The van der Waals surface area contributed by atoms with Crippen LogP contribution in [0.15, 0.2) is 0 Å². The lowest BCUT2D eigenvalue weighted by atomic mass is 10.1. The van der Waals surface area contributed by atoms with Crippen molar-refractivity contribution in [2.45, 2.75) is 43.9 Å². The Labute approximate surface area is 91.9 Å². The van der Waals surface area contributed by atoms with Crippen molar-refractivity contribution in [3.05, 3.63) is 0 Å². The van der Waals surface area contributed by atoms with Crippen LogP contribution in [-0.2, 0) is 10.0 Å². The predicted octanol–water partition coefficient (Wildman–Crippen LogP) is 0.456. The molecule has 2 N–H and O–H groups in total. The Kier molecular flexibility index (Phi) is 3.33. The number of nitrogens with one attached hydrogen (secondary N) is 2. The summed E-state index contributed by atoms with van der Waals surface area (Å²) in [5, 5.41) is 3.07. The van der Waals surface area contributed by atoms with E-state index in [9.17, 15) is 8.42 Å². The molecule has 0 aromatic carbocycles. The lowest BCUT2D eigenvalue weighted by molar-refractivity contribution is 0.495. The average molecular weight is 232 g/mol. The monoisotopic (exact) mass is 232 g/mol. The van der Waals surface area contributed by atoms with E-state index in [0.29, 0.717) is 5.92 Å². The molecule has 0 aromatic rings. The zero-order valence-electron chi connectivity index (χ0n) is 9.20. The second-order valence-corrected chi connectivity index (χ2v) is 6.80. The molecule has 15 heavy (non-hydrogen) atoms. The summed E-state index contributed by atoms with van der Waals surface area (Å²) >= 11 is 0. The average Bonchev–Trinajstić information content (AvgIpc) is 2.77. The van der Waals surface area contributed by atoms with Crippen molar-refractivity contribution in [1.82, 2.24) is 10.0 Å². The lowest BCUT2D eigenvalue weighted by Gasteiger charge is -2.19. The second kappa shape index (κ2) is 4.39. The van der Waals surface area contributed by atoms with Gasteiger partial charge in [0.2, 0.25) is 10.0 Å². The standard InChI is InChI=1S/C10H20N2O2S/c1-8-6-11-7-10(8)12-15(13,14)9-4-2-3-5-9/h8-12H,2-7H2,1H3. The first-order chi connectivity index (χ1) is 7.09. The smallest absolute Gasteiger partial charge is 0.214 e. The number of sulfonamides is 1. The first-order valence-electron chi connectivity index (χ1n) is 5.81. The number of rotatable bonds is 3. The highest BCUT2D eigenvalue weighted by atomic mass is 32.2. The van der Waals surface area contributed by atoms with Crippen molar-refractivity contribution in [2.24, 2.45) is 5.92 Å². The highest BCUT2D eigenvalue weighted by Gasteiger charge is 2.33. The third-order valence-electron chi connectivity index (χ3n) is 3.57. The van der Waals surface area contributed by atoms with E-state index in [4.69, 9.17) is 0 Å². The summed E-state index contributed by atoms with van der Waals surface area (Å²) in [5.41, 5.74) is 0. The Morgan fingerprint density at radius 1 is 1.20 bits per heavy atom. The molecule has 0 bridgehead atoms. The predicted molar refractivity (Wildman–Crippen MR) is 60.1 cm³/mol. The molecule has 1 aliphatic carbocycles. The van der Waals surface area contributed by atoms with E-state index in [-0.39, 0.29) is 11.3 Å². The fourth-order valence-corrected chi connectivity index (χ4v) is 4.36. The molecular formula is C10H20N2O2S. The lowest BCUT2D eigenvalue weighted by Crippen LogP contribution is -2.43. The van der Waals surface area contributed by atoms with Gasteiger partial charge >= 0.3 is 0 Å². The van der Waals surface area contributed by atoms with Gasteiger partial charge in [0.15, 0.2) is 0 Å². The summed E-state index contributed by atoms with van der Waals surface area (Å²) < 4.78 is 26.8. The van der Waals surface area contributed by atoms with Gasteiger partial charge in [0, 0.05) is 12.6 Å². The maximum Gasteiger partial charge on any atom is 0.214 e. The van der Waals surface area contributed by atoms with Crippen LogP contribution in [0.5, 0.6) is 0 Å². The number of hydrogen-bond donors (Lipinski definition) is 2. The zero-order valence-corrected chi connectivity index (χ0v) is 10.0. The Morgan fingerprint density at radius 3 is 2.40 bits per heavy atom. The van der Waals surface area contributed by atoms with Crippen LogP contribution in [0.3, 0.4) is 0 Å². The van der Waals surface area contributed by atoms with Crippen molar-refractivity contribution >= 4 is 10.0 Å². The maximum absolute atomic E-state index is 12.0. The fourth-order valence-electron chi connectivity index (χ4n) is 2.47. The van der Waals surface area contributed by atoms with Gasteiger partial charge in [-0.3, -0.25) is 0 Å². The van der Waals surface area contributed by atoms with Crippen molar-refractivity contribution in [2.75, 3.05) is 13.1 Å². The summed E-state index contributed by atoms with van der Waals surface area (Å²) in [4.78, 5) is 0. The molecular weight excluding hydrogens is 212 g/mol. The van der Waals surface area contributed by atoms with Gasteiger partial charge in [0.25, 0.3) is 0 Å². The minimum Gasteiger partial charge on any atom is -0.315 e. The fraction of sp³-hybridized carbons (Fsp3) is 1.00. The quantitative estimate of drug-likeness (QED) is 0.743. The van der Waals surface area contributed by atoms with Gasteiger partial charge in [-0.1, -0.05) is 19.8 Å². The molecule has 0 radical (unpaired) electrons. The summed E-state index contributed by atoms with van der Waals surface area (Å²) in [5.74, 6) is 0.404. The van der Waals surface area contributed by atoms with E-state index in [1.54, 1.807) is 0 Å². The molecule has 0 aromatic heterocycles. The van der Waals surface area contributed by atoms with Crippen LogP contribution in [0.4, 0.5) is 0 Å². The normalized spacial score (nSPS) is 33.7. The molecule has 2 rings (SSSR count). The molecule has 1 saturated carbocycles. The van der Waals surface area contributed by atoms with Crippen LogP contribution in [0.1, 0.15) is 32.6 Å². The Hall–Kier alpha value is -0.130. The zero-order chi connectivity index (χ0) is 10.9. The van der Waals surface area contributed by atoms with Gasteiger partial charge in [-0.2, -0.15) is 0 Å². The molecule has 2 aliphatic rings. The molecule has 4 nitrogen and oxygen atoms in total. The Bertz CT molecular complexity index is 309. The summed E-state index contributed by atoms with van der Waals surface area (Å²) in [7, 11) is -3.07. The van der Waals surface area contributed by atoms with Crippen LogP contribution in [0.25, 0.3) is 0 Å². The summed E-state index contributed by atoms with van der Waals surface area (Å²) in [6.07, 6.45) is 3.79. The minimum absolute atomic E-state index is 0.0931. The Morgan fingerprint density at radius 2 is 1.87 bits per heavy atom. The van der Waals surface area contributed by atoms with E-state index in [2.05, 4.69) is 17.0 Å². The van der Waals surface area contributed by atoms with Crippen LogP contribution in [-0.4, -0.2) is 32.8 Å². The molecule has 0 amide bonds. The largest absolute Gasteiger partial charge is 0.315 e. The third kappa shape index (κ3) is 2.52. The number of hydrogen-bond acceptors (Lipinski definition) is 3. The van der Waals surface area contributed by atoms with Gasteiger partial charge < -0.3 is 5.32 Å². The van der Waals surface area contributed by atoms with Crippen molar-refractivity contribution in [3.8, 4) is 0 Å². The maximum atomic E-state index is 12.0. The van der Waals surface area contributed by atoms with Crippen molar-refractivity contribution in [3.63, 3.8) is 0 Å². The molecule has 1 saturated heterocycles. The molecule has 2 atom stereocenters. The molecule has 2 fully saturated rings. The SMILES string of the molecule is CC1CNCC1NS(=O)(=O)C1CCCC1. The van der Waals surface area contributed by atoms with Crippen LogP contribution >= 0.6 is 0 Å². The van der Waals surface area contributed by atoms with Gasteiger partial charge in [0.05, 0.1) is 5.25 Å². The van der Waals surface area contributed by atoms with Crippen LogP contribution in [0.2, 0.25) is 0 Å². The van der Waals surface area contributed by atoms with Crippen molar-refractivity contribution < 1.29 is 8.42 Å². The first-order valence-corrected chi connectivity index (χ1v) is 7.36. The van der Waals surface area contributed by atoms with E-state index in [1.807, 2.05) is 0 Å². The van der Waals surface area contributed by atoms with E-state index >= 15 is 0 Å². The highest BCUT2D eigenvalue weighted by molar-refractivity contribution is 7.90. The van der Waals surface area contributed by atoms with E-state index < -0.39 is 10.0 Å². The molecule has 88 valence electrons. The summed E-state index contributed by atoms with van der Waals surface area (Å²) in [6.45, 7) is 3.77. The van der Waals surface area contributed by atoms with Gasteiger partial charge in [0.1, 0.15) is 0 Å². The molecule has 1 heterocycles. The van der Waals surface area contributed by atoms with Gasteiger partial charge in [-0.15, -0.1) is 0 Å². The van der Waals surface area contributed by atoms with Crippen LogP contribution < -0.4 is 10.0 Å². The van der Waals surface area contributed by atoms with Crippen LogP contribution in [0, 0.1) is 5.92 Å². The van der Waals surface area contributed by atoms with E-state index in [0.717, 1.165) is 38.8 Å². The van der Waals surface area contributed by atoms with Gasteiger partial charge in [-0.25, -0.2) is 13.1 Å². The molecule has 1 aliphatic heterocycles. The summed E-state index contributed by atoms with van der Waals surface area (Å²) in [6, 6.07) is 0.0931. The van der Waals surface area contributed by atoms with E-state index in [1.165, 1.54) is 0 Å². The second-order valence-electron chi connectivity index (χ2n) is 4.81. The molecule has 5 heteroatoms. The minimum atomic E-state index is -3.07. The molecule has 2 unspecified atom stereocenters. The topological polar surface area (TPSA) is 58.2 Å². The Balaban J connectivity index is 1.97. The highest BCUT2D eigenvalue weighted by Crippen LogP contribution is 2.24. The van der Waals surface area contributed by atoms with Crippen molar-refractivity contribution in [1.29, 1.82) is 0 Å². The third-order valence-corrected chi connectivity index (χ3v) is 5.55. The first kappa shape index (κ1) is 11.4. The van der Waals surface area contributed by atoms with Gasteiger partial charge in [-0.05, 0) is 25.3 Å². The molecule has 0 spiro atoms.